The van der Waals surface area contributed by atoms with E-state index in [1.807, 2.05) is 6.07 Å². The Morgan fingerprint density at radius 2 is 1.74 bits per heavy atom. The third kappa shape index (κ3) is 5.22. The molecule has 108 valence electrons. The summed E-state index contributed by atoms with van der Waals surface area (Å²) in [4.78, 5) is 0. The smallest absolute Gasteiger partial charge is 0.165 e. The van der Waals surface area contributed by atoms with E-state index in [1.165, 1.54) is 45.6 Å². The van der Waals surface area contributed by atoms with Crippen molar-refractivity contribution in [1.82, 2.24) is 0 Å². The van der Waals surface area contributed by atoms with Gasteiger partial charge in [-0.15, -0.1) is 0 Å². The van der Waals surface area contributed by atoms with Crippen LogP contribution in [-0.4, -0.2) is 7.11 Å². The zero-order valence-electron chi connectivity index (χ0n) is 12.5. The zero-order chi connectivity index (χ0) is 14.1. The molecule has 1 atom stereocenters. The molecule has 0 aromatic heterocycles. The highest BCUT2D eigenvalue weighted by atomic mass is 19.1. The van der Waals surface area contributed by atoms with Gasteiger partial charge < -0.3 is 4.74 Å². The summed E-state index contributed by atoms with van der Waals surface area (Å²) in [6.07, 6.45) is 8.47. The Bertz CT molecular complexity index is 362. The van der Waals surface area contributed by atoms with Crippen LogP contribution in [-0.2, 0) is 0 Å². The normalized spacial score (nSPS) is 12.4. The molecule has 0 aliphatic heterocycles. The number of unbranched alkanes of at least 4 members (excludes halogenated alkanes) is 3. The maximum atomic E-state index is 13.8. The highest BCUT2D eigenvalue weighted by Crippen LogP contribution is 2.30. The number of benzene rings is 1. The molecule has 2 heteroatoms. The first-order chi connectivity index (χ1) is 9.22. The van der Waals surface area contributed by atoms with E-state index in [0.717, 1.165) is 12.0 Å². The third-order valence-electron chi connectivity index (χ3n) is 3.71. The number of methoxy groups -OCH3 is 1. The molecule has 0 saturated carbocycles. The lowest BCUT2D eigenvalue weighted by Crippen LogP contribution is -2.01. The molecule has 1 rings (SSSR count). The fraction of sp³-hybridized carbons (Fsp3) is 0.647. The molecule has 1 nitrogen and oxygen atoms in total. The first kappa shape index (κ1) is 16.0. The lowest BCUT2D eigenvalue weighted by molar-refractivity contribution is 0.385. The van der Waals surface area contributed by atoms with Crippen LogP contribution in [0.4, 0.5) is 4.39 Å². The van der Waals surface area contributed by atoms with E-state index in [9.17, 15) is 4.39 Å². The second-order valence-electron chi connectivity index (χ2n) is 5.23. The highest BCUT2D eigenvalue weighted by molar-refractivity contribution is 5.31. The first-order valence-electron chi connectivity index (χ1n) is 7.56. The highest BCUT2D eigenvalue weighted by Gasteiger charge is 2.13. The minimum Gasteiger partial charge on any atom is -0.494 e. The van der Waals surface area contributed by atoms with Gasteiger partial charge in [0.1, 0.15) is 0 Å². The van der Waals surface area contributed by atoms with E-state index in [1.54, 1.807) is 12.1 Å². The molecule has 0 aliphatic carbocycles. The summed E-state index contributed by atoms with van der Waals surface area (Å²) in [5.41, 5.74) is 1.13. The molecule has 0 aliphatic rings. The molecule has 19 heavy (non-hydrogen) atoms. The zero-order valence-corrected chi connectivity index (χ0v) is 12.5. The van der Waals surface area contributed by atoms with Gasteiger partial charge in [-0.1, -0.05) is 52.0 Å². The quantitative estimate of drug-likeness (QED) is 0.522. The van der Waals surface area contributed by atoms with E-state index in [2.05, 4.69) is 13.8 Å². The van der Waals surface area contributed by atoms with Crippen LogP contribution < -0.4 is 4.74 Å². The number of hydrogen-bond donors (Lipinski definition) is 0. The Balaban J connectivity index is 2.74. The number of hydrogen-bond acceptors (Lipinski definition) is 1. The predicted molar refractivity (Wildman–Crippen MR) is 79.4 cm³/mol. The number of rotatable bonds is 9. The molecule has 0 saturated heterocycles. The Labute approximate surface area is 117 Å². The van der Waals surface area contributed by atoms with E-state index < -0.39 is 0 Å². The molecule has 0 spiro atoms. The van der Waals surface area contributed by atoms with Crippen LogP contribution in [0.2, 0.25) is 0 Å². The van der Waals surface area contributed by atoms with Crippen LogP contribution in [0.15, 0.2) is 18.2 Å². The second-order valence-corrected chi connectivity index (χ2v) is 5.23. The van der Waals surface area contributed by atoms with Crippen molar-refractivity contribution in [3.05, 3.63) is 29.6 Å². The van der Waals surface area contributed by atoms with E-state index in [4.69, 9.17) is 4.74 Å². The Morgan fingerprint density at radius 3 is 2.32 bits per heavy atom. The SMILES string of the molecule is CCCCCC(CCCC)c1ccc(OC)c(F)c1. The molecule has 1 unspecified atom stereocenters. The molecule has 1 aromatic carbocycles. The van der Waals surface area contributed by atoms with Gasteiger partial charge in [0.15, 0.2) is 11.6 Å². The maximum Gasteiger partial charge on any atom is 0.165 e. The van der Waals surface area contributed by atoms with Crippen LogP contribution in [0.5, 0.6) is 5.75 Å². The van der Waals surface area contributed by atoms with Crippen molar-refractivity contribution in [2.75, 3.05) is 7.11 Å². The standard InChI is InChI=1S/C17H27FO/c1-4-6-8-10-14(9-7-5-2)15-11-12-17(19-3)16(18)13-15/h11-14H,4-10H2,1-3H3. The second kappa shape index (κ2) is 8.95. The van der Waals surface area contributed by atoms with Crippen molar-refractivity contribution in [2.24, 2.45) is 0 Å². The maximum absolute atomic E-state index is 13.8. The molecule has 0 fully saturated rings. The van der Waals surface area contributed by atoms with Crippen LogP contribution in [0.3, 0.4) is 0 Å². The van der Waals surface area contributed by atoms with Gasteiger partial charge in [0.2, 0.25) is 0 Å². The van der Waals surface area contributed by atoms with Gasteiger partial charge in [0, 0.05) is 0 Å². The van der Waals surface area contributed by atoms with Crippen molar-refractivity contribution < 1.29 is 9.13 Å². The van der Waals surface area contributed by atoms with Gasteiger partial charge in [-0.05, 0) is 36.5 Å². The van der Waals surface area contributed by atoms with Crippen molar-refractivity contribution in [3.8, 4) is 5.75 Å². The Hall–Kier alpha value is -1.05. The van der Waals surface area contributed by atoms with Gasteiger partial charge in [-0.25, -0.2) is 4.39 Å². The van der Waals surface area contributed by atoms with Gasteiger partial charge in [0.25, 0.3) is 0 Å². The molecule has 0 heterocycles. The predicted octanol–water partition coefficient (Wildman–Crippen LogP) is 5.69. The lowest BCUT2D eigenvalue weighted by atomic mass is 9.88. The summed E-state index contributed by atoms with van der Waals surface area (Å²) >= 11 is 0. The van der Waals surface area contributed by atoms with E-state index in [-0.39, 0.29) is 5.82 Å². The largest absolute Gasteiger partial charge is 0.494 e. The summed E-state index contributed by atoms with van der Waals surface area (Å²) < 4.78 is 18.8. The first-order valence-corrected chi connectivity index (χ1v) is 7.56. The molecule has 0 bridgehead atoms. The van der Waals surface area contributed by atoms with Gasteiger partial charge in [-0.3, -0.25) is 0 Å². The summed E-state index contributed by atoms with van der Waals surface area (Å²) in [5.74, 6) is 0.593. The third-order valence-corrected chi connectivity index (χ3v) is 3.71. The van der Waals surface area contributed by atoms with Gasteiger partial charge >= 0.3 is 0 Å². The summed E-state index contributed by atoms with van der Waals surface area (Å²) in [6, 6.07) is 5.43. The molecular formula is C17H27FO. The Morgan fingerprint density at radius 1 is 1.05 bits per heavy atom. The summed E-state index contributed by atoms with van der Waals surface area (Å²) in [6.45, 7) is 4.42. The van der Waals surface area contributed by atoms with Crippen molar-refractivity contribution >= 4 is 0 Å². The van der Waals surface area contributed by atoms with Crippen LogP contribution in [0.25, 0.3) is 0 Å². The lowest BCUT2D eigenvalue weighted by Gasteiger charge is -2.18. The van der Waals surface area contributed by atoms with E-state index in [0.29, 0.717) is 11.7 Å². The molecule has 1 aromatic rings. The molecule has 0 N–H and O–H groups in total. The number of halogens is 1. The van der Waals surface area contributed by atoms with Crippen LogP contribution in [0.1, 0.15) is 70.3 Å². The summed E-state index contributed by atoms with van der Waals surface area (Å²) in [5, 5.41) is 0. The van der Waals surface area contributed by atoms with Gasteiger partial charge in [0.05, 0.1) is 7.11 Å². The topological polar surface area (TPSA) is 9.23 Å². The molecular weight excluding hydrogens is 239 g/mol. The minimum atomic E-state index is -0.239. The van der Waals surface area contributed by atoms with Crippen LogP contribution >= 0.6 is 0 Å². The average molecular weight is 266 g/mol. The molecule has 0 radical (unpaired) electrons. The minimum absolute atomic E-state index is 0.239. The summed E-state index contributed by atoms with van der Waals surface area (Å²) in [7, 11) is 1.51. The molecule has 0 amide bonds. The fourth-order valence-corrected chi connectivity index (χ4v) is 2.51. The van der Waals surface area contributed by atoms with Crippen molar-refractivity contribution in [3.63, 3.8) is 0 Å². The van der Waals surface area contributed by atoms with Gasteiger partial charge in [-0.2, -0.15) is 0 Å². The monoisotopic (exact) mass is 266 g/mol. The van der Waals surface area contributed by atoms with E-state index >= 15 is 0 Å². The number of ether oxygens (including phenoxy) is 1. The van der Waals surface area contributed by atoms with Crippen LogP contribution in [0, 0.1) is 5.82 Å². The van der Waals surface area contributed by atoms with Crippen molar-refractivity contribution in [2.45, 2.75) is 64.7 Å². The Kier molecular flexibility index (Phi) is 7.54. The average Bonchev–Trinajstić information content (AvgIpc) is 2.42. The van der Waals surface area contributed by atoms with Crippen molar-refractivity contribution in [1.29, 1.82) is 0 Å². The fourth-order valence-electron chi connectivity index (χ4n) is 2.51.